The van der Waals surface area contributed by atoms with E-state index in [1.807, 2.05) is 18.2 Å². The van der Waals surface area contributed by atoms with E-state index in [1.165, 1.54) is 0 Å². The average molecular weight is 186 g/mol. The molecule has 1 rings (SSSR count). The van der Waals surface area contributed by atoms with Crippen molar-refractivity contribution in [2.75, 3.05) is 13.2 Å². The van der Waals surface area contributed by atoms with Gasteiger partial charge in [-0.25, -0.2) is 0 Å². The highest BCUT2D eigenvalue weighted by Crippen LogP contribution is 2.18. The van der Waals surface area contributed by atoms with Crippen LogP contribution in [-0.4, -0.2) is 18.3 Å². The van der Waals surface area contributed by atoms with Crippen molar-refractivity contribution in [2.24, 2.45) is 5.73 Å². The van der Waals surface area contributed by atoms with E-state index in [9.17, 15) is 0 Å². The molecule has 0 fully saturated rings. The lowest BCUT2D eigenvalue weighted by Crippen LogP contribution is -2.15. The highest BCUT2D eigenvalue weighted by Gasteiger charge is 2.07. The van der Waals surface area contributed by atoms with Gasteiger partial charge in [0.05, 0.1) is 6.61 Å². The predicted molar refractivity (Wildman–Crippen MR) is 50.3 cm³/mol. The Morgan fingerprint density at radius 2 is 2.25 bits per heavy atom. The number of hydrogen-bond acceptors (Lipinski definition) is 2. The maximum atomic E-state index is 8.95. The molecule has 2 nitrogen and oxygen atoms in total. The average Bonchev–Trinajstić information content (AvgIpc) is 2.07. The summed E-state index contributed by atoms with van der Waals surface area (Å²) in [4.78, 5) is 0. The van der Waals surface area contributed by atoms with Gasteiger partial charge in [0.2, 0.25) is 0 Å². The van der Waals surface area contributed by atoms with Crippen LogP contribution in [0, 0.1) is 0 Å². The van der Waals surface area contributed by atoms with Crippen LogP contribution in [0.5, 0.6) is 0 Å². The first kappa shape index (κ1) is 9.52. The van der Waals surface area contributed by atoms with Crippen LogP contribution in [0.1, 0.15) is 11.5 Å². The molecule has 1 aromatic rings. The monoisotopic (exact) mass is 185 g/mol. The number of benzene rings is 1. The topological polar surface area (TPSA) is 46.2 Å². The van der Waals surface area contributed by atoms with Gasteiger partial charge in [-0.15, -0.1) is 0 Å². The van der Waals surface area contributed by atoms with Gasteiger partial charge in [0.1, 0.15) is 0 Å². The molecule has 0 amide bonds. The quantitative estimate of drug-likeness (QED) is 0.748. The van der Waals surface area contributed by atoms with Crippen molar-refractivity contribution in [3.63, 3.8) is 0 Å². The molecule has 0 saturated heterocycles. The normalized spacial score (nSPS) is 12.9. The molecule has 0 aliphatic heterocycles. The molecule has 0 heterocycles. The molecular weight excluding hydrogens is 174 g/mol. The summed E-state index contributed by atoms with van der Waals surface area (Å²) in [5.41, 5.74) is 6.46. The van der Waals surface area contributed by atoms with Crippen molar-refractivity contribution in [1.29, 1.82) is 0 Å². The molecule has 0 bridgehead atoms. The molecule has 3 N–H and O–H groups in total. The summed E-state index contributed by atoms with van der Waals surface area (Å²) in [5.74, 6) is 0.00343. The van der Waals surface area contributed by atoms with Gasteiger partial charge in [-0.3, -0.25) is 0 Å². The third-order valence-electron chi connectivity index (χ3n) is 1.82. The summed E-state index contributed by atoms with van der Waals surface area (Å²) in [6.07, 6.45) is 0. The predicted octanol–water partition coefficient (Wildman–Crippen LogP) is 1.37. The minimum absolute atomic E-state index is 0.00343. The number of nitrogens with two attached hydrogens (primary N) is 1. The molecule has 12 heavy (non-hydrogen) atoms. The lowest BCUT2D eigenvalue weighted by atomic mass is 10.0. The summed E-state index contributed by atoms with van der Waals surface area (Å²) in [5, 5.41) is 9.63. The third-order valence-corrected chi connectivity index (χ3v) is 2.06. The summed E-state index contributed by atoms with van der Waals surface area (Å²) < 4.78 is 0. The Kier molecular flexibility index (Phi) is 3.53. The zero-order valence-electron chi connectivity index (χ0n) is 6.70. The van der Waals surface area contributed by atoms with Gasteiger partial charge in [-0.1, -0.05) is 23.7 Å². The molecule has 1 aromatic carbocycles. The Morgan fingerprint density at radius 1 is 1.50 bits per heavy atom. The molecule has 0 aliphatic rings. The molecule has 0 spiro atoms. The number of rotatable bonds is 3. The summed E-state index contributed by atoms with van der Waals surface area (Å²) in [6.45, 7) is 0.508. The lowest BCUT2D eigenvalue weighted by molar-refractivity contribution is 0.268. The number of hydrogen-bond donors (Lipinski definition) is 2. The van der Waals surface area contributed by atoms with Crippen molar-refractivity contribution < 1.29 is 5.11 Å². The molecule has 0 saturated carbocycles. The maximum absolute atomic E-state index is 8.95. The van der Waals surface area contributed by atoms with Crippen molar-refractivity contribution in [3.05, 3.63) is 34.9 Å². The molecule has 1 atom stereocenters. The molecule has 0 radical (unpaired) electrons. The van der Waals surface area contributed by atoms with Crippen LogP contribution >= 0.6 is 11.6 Å². The number of aliphatic hydroxyl groups excluding tert-OH is 1. The van der Waals surface area contributed by atoms with E-state index in [1.54, 1.807) is 6.07 Å². The Morgan fingerprint density at radius 3 is 2.75 bits per heavy atom. The Hall–Kier alpha value is -0.570. The number of aliphatic hydroxyl groups is 1. The Balaban J connectivity index is 2.85. The number of halogens is 1. The van der Waals surface area contributed by atoms with Gasteiger partial charge in [0.15, 0.2) is 0 Å². The molecular formula is C9H12ClNO. The largest absolute Gasteiger partial charge is 0.396 e. The van der Waals surface area contributed by atoms with Crippen LogP contribution in [0.3, 0.4) is 0 Å². The molecule has 66 valence electrons. The smallest absolute Gasteiger partial charge is 0.0511 e. The fourth-order valence-electron chi connectivity index (χ4n) is 1.08. The molecule has 3 heteroatoms. The van der Waals surface area contributed by atoms with Crippen LogP contribution < -0.4 is 5.73 Å². The molecule has 0 aliphatic carbocycles. The van der Waals surface area contributed by atoms with Crippen LogP contribution in [0.25, 0.3) is 0 Å². The fourth-order valence-corrected chi connectivity index (χ4v) is 1.28. The summed E-state index contributed by atoms with van der Waals surface area (Å²) in [7, 11) is 0. The minimum Gasteiger partial charge on any atom is -0.396 e. The first-order valence-electron chi connectivity index (χ1n) is 3.84. The standard InChI is InChI=1S/C9H12ClNO/c10-9-3-1-2-7(4-9)8(5-11)6-12/h1-4,8,12H,5-6,11H2/t8-/m1/s1. The second-order valence-corrected chi connectivity index (χ2v) is 3.11. The maximum Gasteiger partial charge on any atom is 0.0511 e. The van der Waals surface area contributed by atoms with E-state index >= 15 is 0 Å². The van der Waals surface area contributed by atoms with Crippen LogP contribution in [0.2, 0.25) is 5.02 Å². The van der Waals surface area contributed by atoms with E-state index in [0.29, 0.717) is 11.6 Å². The Labute approximate surface area is 77.0 Å². The molecule has 0 aromatic heterocycles. The van der Waals surface area contributed by atoms with Gasteiger partial charge in [0.25, 0.3) is 0 Å². The first-order chi connectivity index (χ1) is 5.77. The SMILES string of the molecule is NC[C@H](CO)c1cccc(Cl)c1. The molecule has 0 unspecified atom stereocenters. The van der Waals surface area contributed by atoms with Gasteiger partial charge >= 0.3 is 0 Å². The van der Waals surface area contributed by atoms with E-state index in [4.69, 9.17) is 22.4 Å². The van der Waals surface area contributed by atoms with Crippen molar-refractivity contribution in [2.45, 2.75) is 5.92 Å². The lowest BCUT2D eigenvalue weighted by Gasteiger charge is -2.11. The van der Waals surface area contributed by atoms with Crippen molar-refractivity contribution >= 4 is 11.6 Å². The van der Waals surface area contributed by atoms with E-state index in [2.05, 4.69) is 0 Å². The highest BCUT2D eigenvalue weighted by molar-refractivity contribution is 6.30. The van der Waals surface area contributed by atoms with Gasteiger partial charge in [-0.05, 0) is 17.7 Å². The zero-order valence-corrected chi connectivity index (χ0v) is 7.46. The van der Waals surface area contributed by atoms with E-state index in [-0.39, 0.29) is 12.5 Å². The van der Waals surface area contributed by atoms with E-state index < -0.39 is 0 Å². The first-order valence-corrected chi connectivity index (χ1v) is 4.22. The zero-order chi connectivity index (χ0) is 8.97. The summed E-state index contributed by atoms with van der Waals surface area (Å²) in [6, 6.07) is 7.40. The Bertz CT molecular complexity index is 248. The van der Waals surface area contributed by atoms with Crippen LogP contribution in [0.4, 0.5) is 0 Å². The van der Waals surface area contributed by atoms with Gasteiger partial charge in [-0.2, -0.15) is 0 Å². The second kappa shape index (κ2) is 4.45. The second-order valence-electron chi connectivity index (χ2n) is 2.67. The fraction of sp³-hybridized carbons (Fsp3) is 0.333. The van der Waals surface area contributed by atoms with Crippen molar-refractivity contribution in [1.82, 2.24) is 0 Å². The third kappa shape index (κ3) is 2.21. The highest BCUT2D eigenvalue weighted by atomic mass is 35.5. The van der Waals surface area contributed by atoms with Gasteiger partial charge < -0.3 is 10.8 Å². The van der Waals surface area contributed by atoms with Crippen LogP contribution in [-0.2, 0) is 0 Å². The van der Waals surface area contributed by atoms with E-state index in [0.717, 1.165) is 5.56 Å². The minimum atomic E-state index is 0.00343. The van der Waals surface area contributed by atoms with Gasteiger partial charge in [0, 0.05) is 17.5 Å². The van der Waals surface area contributed by atoms with Crippen molar-refractivity contribution in [3.8, 4) is 0 Å². The summed E-state index contributed by atoms with van der Waals surface area (Å²) >= 11 is 5.78. The van der Waals surface area contributed by atoms with Crippen LogP contribution in [0.15, 0.2) is 24.3 Å².